The van der Waals surface area contributed by atoms with Crippen molar-refractivity contribution in [3.05, 3.63) is 50.6 Å². The maximum atomic E-state index is 6.01. The molecular formula is C15H17Cl2NOS. The Hall–Kier alpha value is -0.740. The zero-order valence-corrected chi connectivity index (χ0v) is 13.6. The van der Waals surface area contributed by atoms with E-state index in [4.69, 9.17) is 27.9 Å². The van der Waals surface area contributed by atoms with E-state index in [0.717, 1.165) is 23.1 Å². The first-order valence-electron chi connectivity index (χ1n) is 6.56. The summed E-state index contributed by atoms with van der Waals surface area (Å²) in [6.07, 6.45) is 1.08. The molecule has 0 bridgehead atoms. The molecule has 108 valence electrons. The molecule has 1 unspecified atom stereocenters. The van der Waals surface area contributed by atoms with Crippen LogP contribution >= 0.6 is 34.5 Å². The molecule has 0 aliphatic heterocycles. The lowest BCUT2D eigenvalue weighted by molar-refractivity contribution is 0.268. The van der Waals surface area contributed by atoms with Crippen molar-refractivity contribution in [1.29, 1.82) is 0 Å². The minimum absolute atomic E-state index is 0.145. The van der Waals surface area contributed by atoms with E-state index in [1.807, 2.05) is 36.4 Å². The number of halogens is 2. The largest absolute Gasteiger partial charge is 0.492 e. The van der Waals surface area contributed by atoms with Gasteiger partial charge in [-0.15, -0.1) is 11.3 Å². The van der Waals surface area contributed by atoms with Crippen LogP contribution in [0.25, 0.3) is 0 Å². The molecule has 2 aromatic rings. The summed E-state index contributed by atoms with van der Waals surface area (Å²) in [5.41, 5.74) is 0. The molecular weight excluding hydrogens is 313 g/mol. The van der Waals surface area contributed by atoms with E-state index in [1.54, 1.807) is 11.3 Å². The smallest absolute Gasteiger partial charge is 0.120 e. The highest BCUT2D eigenvalue weighted by molar-refractivity contribution is 7.16. The number of nitrogens with one attached hydrogen (secondary N) is 1. The molecule has 1 atom stereocenters. The molecule has 0 aliphatic carbocycles. The summed E-state index contributed by atoms with van der Waals surface area (Å²) in [6.45, 7) is 3.64. The summed E-state index contributed by atoms with van der Waals surface area (Å²) >= 11 is 13.5. The topological polar surface area (TPSA) is 21.3 Å². The van der Waals surface area contributed by atoms with Crippen LogP contribution in [-0.2, 0) is 0 Å². The molecule has 0 fully saturated rings. The van der Waals surface area contributed by atoms with Crippen LogP contribution in [0, 0.1) is 0 Å². The van der Waals surface area contributed by atoms with Crippen molar-refractivity contribution in [2.24, 2.45) is 0 Å². The number of rotatable bonds is 7. The fourth-order valence-electron chi connectivity index (χ4n) is 1.81. The van der Waals surface area contributed by atoms with Gasteiger partial charge in [0.25, 0.3) is 0 Å². The number of thiophene rings is 1. The molecule has 0 aliphatic rings. The van der Waals surface area contributed by atoms with Crippen molar-refractivity contribution in [1.82, 2.24) is 5.32 Å². The van der Waals surface area contributed by atoms with Gasteiger partial charge < -0.3 is 10.1 Å². The predicted molar refractivity (Wildman–Crippen MR) is 87.3 cm³/mol. The van der Waals surface area contributed by atoms with Crippen LogP contribution in [0.3, 0.4) is 0 Å². The van der Waals surface area contributed by atoms with Gasteiger partial charge in [-0.05, 0) is 43.3 Å². The molecule has 0 saturated heterocycles. The van der Waals surface area contributed by atoms with Crippen LogP contribution in [0.15, 0.2) is 36.4 Å². The molecule has 1 aromatic heterocycles. The number of ether oxygens (including phenoxy) is 1. The average molecular weight is 330 g/mol. The minimum atomic E-state index is 0.145. The zero-order valence-electron chi connectivity index (χ0n) is 11.2. The zero-order chi connectivity index (χ0) is 14.4. The summed E-state index contributed by atoms with van der Waals surface area (Å²) in [6, 6.07) is 11.5. The van der Waals surface area contributed by atoms with E-state index in [0.29, 0.717) is 11.6 Å². The Labute approximate surface area is 133 Å². The summed E-state index contributed by atoms with van der Waals surface area (Å²) in [5, 5.41) is 4.16. The van der Waals surface area contributed by atoms with E-state index >= 15 is 0 Å². The second-order valence-electron chi connectivity index (χ2n) is 4.42. The lowest BCUT2D eigenvalue weighted by atomic mass is 10.2. The van der Waals surface area contributed by atoms with E-state index in [9.17, 15) is 0 Å². The van der Waals surface area contributed by atoms with Crippen molar-refractivity contribution >= 4 is 34.5 Å². The van der Waals surface area contributed by atoms with Crippen LogP contribution in [0.1, 0.15) is 24.3 Å². The lowest BCUT2D eigenvalue weighted by Crippen LogP contribution is -2.26. The monoisotopic (exact) mass is 329 g/mol. The van der Waals surface area contributed by atoms with Crippen molar-refractivity contribution in [3.8, 4) is 5.75 Å². The van der Waals surface area contributed by atoms with Gasteiger partial charge in [0, 0.05) is 9.90 Å². The van der Waals surface area contributed by atoms with Crippen molar-refractivity contribution in [3.63, 3.8) is 0 Å². The second kappa shape index (κ2) is 7.89. The molecule has 1 N–H and O–H groups in total. The van der Waals surface area contributed by atoms with Gasteiger partial charge in [0.05, 0.1) is 10.4 Å². The Morgan fingerprint density at radius 1 is 1.25 bits per heavy atom. The molecule has 1 heterocycles. The molecule has 1 aromatic carbocycles. The summed E-state index contributed by atoms with van der Waals surface area (Å²) < 4.78 is 6.62. The first-order chi connectivity index (χ1) is 9.69. The molecule has 5 heteroatoms. The predicted octanol–water partition coefficient (Wildman–Crippen LogP) is 5.17. The molecule has 2 rings (SSSR count). The van der Waals surface area contributed by atoms with Gasteiger partial charge in [-0.1, -0.05) is 36.2 Å². The van der Waals surface area contributed by atoms with Gasteiger partial charge in [-0.2, -0.15) is 0 Å². The Morgan fingerprint density at radius 2 is 2.10 bits per heavy atom. The normalized spacial score (nSPS) is 12.3. The van der Waals surface area contributed by atoms with E-state index < -0.39 is 0 Å². The average Bonchev–Trinajstić information content (AvgIpc) is 2.85. The van der Waals surface area contributed by atoms with Crippen molar-refractivity contribution in [2.45, 2.75) is 19.4 Å². The number of hydrogen-bond donors (Lipinski definition) is 1. The van der Waals surface area contributed by atoms with Crippen molar-refractivity contribution in [2.75, 3.05) is 13.2 Å². The fraction of sp³-hybridized carbons (Fsp3) is 0.333. The molecule has 20 heavy (non-hydrogen) atoms. The summed E-state index contributed by atoms with van der Waals surface area (Å²) in [4.78, 5) is 1.19. The lowest BCUT2D eigenvalue weighted by Gasteiger charge is -2.18. The van der Waals surface area contributed by atoms with Crippen LogP contribution in [0.2, 0.25) is 9.36 Å². The van der Waals surface area contributed by atoms with E-state index in [2.05, 4.69) is 12.2 Å². The van der Waals surface area contributed by atoms with E-state index in [1.165, 1.54) is 4.88 Å². The molecule has 0 saturated carbocycles. The van der Waals surface area contributed by atoms with Gasteiger partial charge in [0.1, 0.15) is 12.4 Å². The third-order valence-corrected chi connectivity index (χ3v) is 4.37. The third kappa shape index (κ3) is 4.67. The Bertz CT molecular complexity index is 544. The SMILES string of the molecule is CCCNC(COc1cccc(Cl)c1)c1ccc(Cl)s1. The van der Waals surface area contributed by atoms with Crippen molar-refractivity contribution < 1.29 is 4.74 Å². The second-order valence-corrected chi connectivity index (χ2v) is 6.60. The Morgan fingerprint density at radius 3 is 2.75 bits per heavy atom. The Kier molecular flexibility index (Phi) is 6.17. The van der Waals surface area contributed by atoms with Gasteiger partial charge in [0.15, 0.2) is 0 Å². The van der Waals surface area contributed by atoms with Gasteiger partial charge in [-0.3, -0.25) is 0 Å². The quantitative estimate of drug-likeness (QED) is 0.756. The van der Waals surface area contributed by atoms with Crippen LogP contribution in [0.4, 0.5) is 0 Å². The van der Waals surface area contributed by atoms with Crippen LogP contribution in [0.5, 0.6) is 5.75 Å². The number of benzene rings is 1. The molecule has 0 spiro atoms. The molecule has 0 radical (unpaired) electrons. The fourth-order valence-corrected chi connectivity index (χ4v) is 3.11. The third-order valence-electron chi connectivity index (χ3n) is 2.79. The highest BCUT2D eigenvalue weighted by atomic mass is 35.5. The number of hydrogen-bond acceptors (Lipinski definition) is 3. The van der Waals surface area contributed by atoms with E-state index in [-0.39, 0.29) is 6.04 Å². The van der Waals surface area contributed by atoms with Crippen LogP contribution in [-0.4, -0.2) is 13.2 Å². The Balaban J connectivity index is 2.00. The first-order valence-corrected chi connectivity index (χ1v) is 8.13. The maximum absolute atomic E-state index is 6.01. The van der Waals surface area contributed by atoms with Gasteiger partial charge in [-0.25, -0.2) is 0 Å². The molecule has 0 amide bonds. The maximum Gasteiger partial charge on any atom is 0.120 e. The molecule has 2 nitrogen and oxygen atoms in total. The van der Waals surface area contributed by atoms with Crippen LogP contribution < -0.4 is 10.1 Å². The minimum Gasteiger partial charge on any atom is -0.492 e. The highest BCUT2D eigenvalue weighted by Gasteiger charge is 2.14. The van der Waals surface area contributed by atoms with Gasteiger partial charge in [0.2, 0.25) is 0 Å². The first kappa shape index (κ1) is 15.6. The summed E-state index contributed by atoms with van der Waals surface area (Å²) in [5.74, 6) is 0.781. The highest BCUT2D eigenvalue weighted by Crippen LogP contribution is 2.28. The summed E-state index contributed by atoms with van der Waals surface area (Å²) in [7, 11) is 0. The van der Waals surface area contributed by atoms with Gasteiger partial charge >= 0.3 is 0 Å². The standard InChI is InChI=1S/C15H17Cl2NOS/c1-2-8-18-13(14-6-7-15(17)20-14)10-19-12-5-3-4-11(16)9-12/h3-7,9,13,18H,2,8,10H2,1H3.